The van der Waals surface area contributed by atoms with Gasteiger partial charge in [-0.1, -0.05) is 12.1 Å². The Kier molecular flexibility index (Phi) is 4.95. The Hall–Kier alpha value is -2.53. The van der Waals surface area contributed by atoms with Crippen molar-refractivity contribution in [2.75, 3.05) is 12.4 Å². The van der Waals surface area contributed by atoms with E-state index in [1.165, 1.54) is 11.3 Å². The lowest BCUT2D eigenvalue weighted by molar-refractivity contribution is 0.102. The fourth-order valence-electron chi connectivity index (χ4n) is 2.59. The van der Waals surface area contributed by atoms with Gasteiger partial charge in [-0.15, -0.1) is 11.3 Å². The molecule has 0 radical (unpaired) electrons. The van der Waals surface area contributed by atoms with Crippen LogP contribution in [0.15, 0.2) is 42.5 Å². The summed E-state index contributed by atoms with van der Waals surface area (Å²) in [7, 11) is 1.63. The van der Waals surface area contributed by atoms with E-state index in [0.717, 1.165) is 27.1 Å². The molecule has 0 atom stereocenters. The van der Waals surface area contributed by atoms with Gasteiger partial charge in [0.05, 0.1) is 13.2 Å². The number of carbonyl (C=O) groups excluding carboxylic acids is 1. The Morgan fingerprint density at radius 2 is 1.96 bits per heavy atom. The second kappa shape index (κ2) is 7.15. The van der Waals surface area contributed by atoms with E-state index in [1.807, 2.05) is 63.2 Å². The highest BCUT2D eigenvalue weighted by Crippen LogP contribution is 2.40. The molecular weight excluding hydrogens is 334 g/mol. The predicted octanol–water partition coefficient (Wildman–Crippen LogP) is 5.26. The van der Waals surface area contributed by atoms with Crippen LogP contribution >= 0.6 is 11.3 Å². The normalized spacial score (nSPS) is 10.9. The quantitative estimate of drug-likeness (QED) is 0.679. The number of methoxy groups -OCH3 is 1. The van der Waals surface area contributed by atoms with Crippen molar-refractivity contribution in [1.29, 1.82) is 0 Å². The molecule has 0 fully saturated rings. The lowest BCUT2D eigenvalue weighted by Gasteiger charge is -2.12. The van der Waals surface area contributed by atoms with Crippen LogP contribution in [0.25, 0.3) is 10.1 Å². The Bertz CT molecular complexity index is 914. The van der Waals surface area contributed by atoms with E-state index in [9.17, 15) is 4.79 Å². The summed E-state index contributed by atoms with van der Waals surface area (Å²) in [6.07, 6.45) is -0.0329. The number of fused-ring (bicyclic) bond motifs is 1. The third kappa shape index (κ3) is 3.77. The molecule has 0 unspecified atom stereocenters. The van der Waals surface area contributed by atoms with Crippen molar-refractivity contribution in [3.8, 4) is 11.5 Å². The van der Waals surface area contributed by atoms with Gasteiger partial charge in [0.2, 0.25) is 0 Å². The van der Waals surface area contributed by atoms with Gasteiger partial charge < -0.3 is 14.8 Å². The van der Waals surface area contributed by atoms with Gasteiger partial charge >= 0.3 is 0 Å². The summed E-state index contributed by atoms with van der Waals surface area (Å²) in [5, 5.41) is 3.86. The minimum Gasteiger partial charge on any atom is -0.497 e. The largest absolute Gasteiger partial charge is 0.497 e. The highest BCUT2D eigenvalue weighted by Gasteiger charge is 2.21. The van der Waals surface area contributed by atoms with Crippen molar-refractivity contribution >= 4 is 33.0 Å². The molecule has 1 N–H and O–H groups in total. The Labute approximate surface area is 151 Å². The summed E-state index contributed by atoms with van der Waals surface area (Å²) in [4.78, 5) is 13.4. The van der Waals surface area contributed by atoms with Gasteiger partial charge in [-0.2, -0.15) is 0 Å². The lowest BCUT2D eigenvalue weighted by atomic mass is 10.2. The predicted molar refractivity (Wildman–Crippen MR) is 103 cm³/mol. The average Bonchev–Trinajstić information content (AvgIpc) is 2.92. The minimum absolute atomic E-state index is 0.0329. The van der Waals surface area contributed by atoms with Crippen molar-refractivity contribution in [2.45, 2.75) is 26.9 Å². The first-order valence-electron chi connectivity index (χ1n) is 8.13. The molecule has 0 spiro atoms. The standard InChI is InChI=1S/C20H21NO3S/c1-12(2)24-18-16-11-15(23-4)8-9-17(16)25-19(18)20(22)21-14-7-5-6-13(3)10-14/h5-12H,1-4H3,(H,21,22). The van der Waals surface area contributed by atoms with Gasteiger partial charge in [-0.05, 0) is 56.7 Å². The first kappa shape index (κ1) is 17.3. The summed E-state index contributed by atoms with van der Waals surface area (Å²) in [5.74, 6) is 1.19. The number of aryl methyl sites for hydroxylation is 1. The third-order valence-corrected chi connectivity index (χ3v) is 4.84. The number of amides is 1. The van der Waals surface area contributed by atoms with Crippen LogP contribution < -0.4 is 14.8 Å². The second-order valence-corrected chi connectivity index (χ2v) is 7.16. The van der Waals surface area contributed by atoms with Gasteiger partial charge in [0, 0.05) is 15.8 Å². The van der Waals surface area contributed by atoms with Crippen molar-refractivity contribution < 1.29 is 14.3 Å². The van der Waals surface area contributed by atoms with Crippen molar-refractivity contribution in [3.05, 3.63) is 52.9 Å². The summed E-state index contributed by atoms with van der Waals surface area (Å²) in [6.45, 7) is 5.90. The first-order valence-corrected chi connectivity index (χ1v) is 8.95. The number of thiophene rings is 1. The van der Waals surface area contributed by atoms with Gasteiger partial charge in [-0.3, -0.25) is 4.79 Å². The molecule has 25 heavy (non-hydrogen) atoms. The molecule has 0 aliphatic carbocycles. The van der Waals surface area contributed by atoms with Crippen molar-refractivity contribution in [2.24, 2.45) is 0 Å². The van der Waals surface area contributed by atoms with E-state index in [-0.39, 0.29) is 12.0 Å². The van der Waals surface area contributed by atoms with E-state index in [1.54, 1.807) is 7.11 Å². The van der Waals surface area contributed by atoms with Crippen LogP contribution in [0.3, 0.4) is 0 Å². The molecule has 130 valence electrons. The van der Waals surface area contributed by atoms with E-state index in [4.69, 9.17) is 9.47 Å². The monoisotopic (exact) mass is 355 g/mol. The zero-order valence-electron chi connectivity index (χ0n) is 14.8. The van der Waals surface area contributed by atoms with Gasteiger partial charge in [0.25, 0.3) is 5.91 Å². The zero-order valence-corrected chi connectivity index (χ0v) is 15.6. The Morgan fingerprint density at radius 1 is 1.16 bits per heavy atom. The summed E-state index contributed by atoms with van der Waals surface area (Å²) >= 11 is 1.42. The van der Waals surface area contributed by atoms with E-state index >= 15 is 0 Å². The molecule has 5 heteroatoms. The zero-order chi connectivity index (χ0) is 18.0. The molecule has 2 aromatic carbocycles. The van der Waals surface area contributed by atoms with Crippen LogP contribution in [0.5, 0.6) is 11.5 Å². The summed E-state index contributed by atoms with van der Waals surface area (Å²) in [6, 6.07) is 13.5. The van der Waals surface area contributed by atoms with Gasteiger partial charge in [-0.25, -0.2) is 0 Å². The number of anilines is 1. The number of benzene rings is 2. The van der Waals surface area contributed by atoms with E-state index < -0.39 is 0 Å². The molecule has 0 saturated heterocycles. The minimum atomic E-state index is -0.165. The molecule has 0 aliphatic rings. The molecule has 1 amide bonds. The molecule has 1 aromatic heterocycles. The van der Waals surface area contributed by atoms with Crippen LogP contribution in [0.4, 0.5) is 5.69 Å². The second-order valence-electron chi connectivity index (χ2n) is 6.11. The maximum Gasteiger partial charge on any atom is 0.269 e. The number of rotatable bonds is 5. The molecule has 0 bridgehead atoms. The maximum absolute atomic E-state index is 12.8. The first-order chi connectivity index (χ1) is 12.0. The topological polar surface area (TPSA) is 47.6 Å². The Balaban J connectivity index is 2.02. The summed E-state index contributed by atoms with van der Waals surface area (Å²) < 4.78 is 12.3. The molecule has 3 aromatic rings. The van der Waals surface area contributed by atoms with E-state index in [2.05, 4.69) is 5.32 Å². The molecule has 0 saturated carbocycles. The lowest BCUT2D eigenvalue weighted by Crippen LogP contribution is -2.14. The van der Waals surface area contributed by atoms with Crippen LogP contribution in [0, 0.1) is 6.92 Å². The fourth-order valence-corrected chi connectivity index (χ4v) is 3.61. The maximum atomic E-state index is 12.8. The molecule has 4 nitrogen and oxygen atoms in total. The van der Waals surface area contributed by atoms with Crippen LogP contribution in [-0.4, -0.2) is 19.1 Å². The highest BCUT2D eigenvalue weighted by molar-refractivity contribution is 7.21. The average molecular weight is 355 g/mol. The number of ether oxygens (including phenoxy) is 2. The van der Waals surface area contributed by atoms with Gasteiger partial charge in [0.1, 0.15) is 10.6 Å². The van der Waals surface area contributed by atoms with Crippen LogP contribution in [0.2, 0.25) is 0 Å². The SMILES string of the molecule is COc1ccc2sc(C(=O)Nc3cccc(C)c3)c(OC(C)C)c2c1. The van der Waals surface area contributed by atoms with Gasteiger partial charge in [0.15, 0.2) is 5.75 Å². The van der Waals surface area contributed by atoms with Crippen molar-refractivity contribution in [3.63, 3.8) is 0 Å². The highest BCUT2D eigenvalue weighted by atomic mass is 32.1. The van der Waals surface area contributed by atoms with E-state index in [0.29, 0.717) is 10.6 Å². The third-order valence-electron chi connectivity index (χ3n) is 3.69. The smallest absolute Gasteiger partial charge is 0.269 e. The van der Waals surface area contributed by atoms with Crippen LogP contribution in [0.1, 0.15) is 29.1 Å². The summed E-state index contributed by atoms with van der Waals surface area (Å²) in [5.41, 5.74) is 1.87. The molecule has 0 aliphatic heterocycles. The van der Waals surface area contributed by atoms with Crippen molar-refractivity contribution in [1.82, 2.24) is 0 Å². The number of carbonyl (C=O) groups is 1. The fraction of sp³-hybridized carbons (Fsp3) is 0.250. The number of hydrogen-bond acceptors (Lipinski definition) is 4. The molecule has 1 heterocycles. The van der Waals surface area contributed by atoms with Crippen LogP contribution in [-0.2, 0) is 0 Å². The Morgan fingerprint density at radius 3 is 2.64 bits per heavy atom. The molecular formula is C20H21NO3S. The molecule has 3 rings (SSSR count). The number of nitrogens with one attached hydrogen (secondary N) is 1. The number of hydrogen-bond donors (Lipinski definition) is 1.